The van der Waals surface area contributed by atoms with E-state index in [1.807, 2.05) is 60.7 Å². The monoisotopic (exact) mass is 319 g/mol. The number of esters is 1. The lowest BCUT2D eigenvalue weighted by atomic mass is 10.0. The van der Waals surface area contributed by atoms with Gasteiger partial charge in [0.2, 0.25) is 0 Å². The first-order valence-corrected chi connectivity index (χ1v) is 7.68. The number of hydrogen-bond acceptors (Lipinski definition) is 3. The summed E-state index contributed by atoms with van der Waals surface area (Å²) in [4.78, 5) is 23.5. The van der Waals surface area contributed by atoms with Crippen LogP contribution in [-0.4, -0.2) is 10.5 Å². The minimum Gasteiger partial charge on any atom is -0.451 e. The fraction of sp³-hybridized carbons (Fsp3) is 0.100. The predicted octanol–water partition coefficient (Wildman–Crippen LogP) is 3.18. The Bertz CT molecular complexity index is 797. The molecule has 2 aromatic carbocycles. The summed E-state index contributed by atoms with van der Waals surface area (Å²) in [6.07, 6.45) is 2.69. The summed E-state index contributed by atoms with van der Waals surface area (Å²) in [5.74, 6) is -0.364. The van der Waals surface area contributed by atoms with Crippen molar-refractivity contribution in [1.82, 2.24) is 4.57 Å². The van der Waals surface area contributed by atoms with Crippen molar-refractivity contribution < 1.29 is 9.53 Å². The summed E-state index contributed by atoms with van der Waals surface area (Å²) in [7, 11) is 0. The molecular formula is C20H17NO3. The standard InChI is InChI=1S/C20H17NO3/c22-18-11-13-21(14-12-18)15-19(23)24-20(16-7-3-1-4-8-16)17-9-5-2-6-10-17/h1-14,20H,15H2. The van der Waals surface area contributed by atoms with Gasteiger partial charge in [0.05, 0.1) is 0 Å². The van der Waals surface area contributed by atoms with Gasteiger partial charge < -0.3 is 9.30 Å². The van der Waals surface area contributed by atoms with E-state index in [9.17, 15) is 9.59 Å². The summed E-state index contributed by atoms with van der Waals surface area (Å²) < 4.78 is 7.34. The summed E-state index contributed by atoms with van der Waals surface area (Å²) >= 11 is 0. The first kappa shape index (κ1) is 15.7. The lowest BCUT2D eigenvalue weighted by Gasteiger charge is -2.19. The number of benzene rings is 2. The maximum Gasteiger partial charge on any atom is 0.326 e. The zero-order valence-electron chi connectivity index (χ0n) is 13.0. The number of rotatable bonds is 5. The van der Waals surface area contributed by atoms with Crippen LogP contribution in [0.15, 0.2) is 90.0 Å². The molecule has 0 aliphatic carbocycles. The third-order valence-corrected chi connectivity index (χ3v) is 3.63. The van der Waals surface area contributed by atoms with Gasteiger partial charge in [-0.1, -0.05) is 60.7 Å². The molecule has 0 atom stereocenters. The van der Waals surface area contributed by atoms with E-state index in [4.69, 9.17) is 4.74 Å². The van der Waals surface area contributed by atoms with Gasteiger partial charge in [0.1, 0.15) is 6.54 Å². The second-order valence-electron chi connectivity index (χ2n) is 5.40. The summed E-state index contributed by atoms with van der Waals surface area (Å²) in [5, 5.41) is 0. The van der Waals surface area contributed by atoms with E-state index in [1.54, 1.807) is 17.0 Å². The van der Waals surface area contributed by atoms with Gasteiger partial charge in [0.25, 0.3) is 0 Å². The van der Waals surface area contributed by atoms with Crippen LogP contribution in [0.5, 0.6) is 0 Å². The highest BCUT2D eigenvalue weighted by Crippen LogP contribution is 2.26. The number of pyridine rings is 1. The van der Waals surface area contributed by atoms with Crippen LogP contribution in [0.4, 0.5) is 0 Å². The third-order valence-electron chi connectivity index (χ3n) is 3.63. The Morgan fingerprint density at radius 1 is 0.833 bits per heavy atom. The van der Waals surface area contributed by atoms with E-state index in [2.05, 4.69) is 0 Å². The molecule has 0 N–H and O–H groups in total. The lowest BCUT2D eigenvalue weighted by Crippen LogP contribution is -2.18. The van der Waals surface area contributed by atoms with Gasteiger partial charge in [-0.05, 0) is 11.1 Å². The summed E-state index contributed by atoms with van der Waals surface area (Å²) in [6, 6.07) is 22.1. The molecule has 3 rings (SSSR count). The lowest BCUT2D eigenvalue weighted by molar-refractivity contribution is -0.148. The maximum absolute atomic E-state index is 12.3. The van der Waals surface area contributed by atoms with E-state index in [1.165, 1.54) is 12.1 Å². The van der Waals surface area contributed by atoms with Gasteiger partial charge in [0, 0.05) is 24.5 Å². The zero-order chi connectivity index (χ0) is 16.8. The molecule has 0 bridgehead atoms. The molecule has 4 nitrogen and oxygen atoms in total. The van der Waals surface area contributed by atoms with Crippen molar-refractivity contribution in [2.45, 2.75) is 12.6 Å². The minimum absolute atomic E-state index is 0.0520. The Labute approximate surface area is 140 Å². The molecule has 120 valence electrons. The molecule has 4 heteroatoms. The molecule has 0 saturated carbocycles. The smallest absolute Gasteiger partial charge is 0.326 e. The van der Waals surface area contributed by atoms with Crippen LogP contribution in [-0.2, 0) is 16.1 Å². The molecule has 1 heterocycles. The Hall–Kier alpha value is -3.14. The zero-order valence-corrected chi connectivity index (χ0v) is 13.0. The SMILES string of the molecule is O=C(Cn1ccc(=O)cc1)OC(c1ccccc1)c1ccccc1. The van der Waals surface area contributed by atoms with Crippen LogP contribution in [0, 0.1) is 0 Å². The highest BCUT2D eigenvalue weighted by molar-refractivity contribution is 5.70. The van der Waals surface area contributed by atoms with Gasteiger partial charge in [-0.2, -0.15) is 0 Å². The fourth-order valence-corrected chi connectivity index (χ4v) is 2.45. The number of carbonyl (C=O) groups excluding carboxylic acids is 1. The van der Waals surface area contributed by atoms with Gasteiger partial charge in [-0.15, -0.1) is 0 Å². The van der Waals surface area contributed by atoms with E-state index in [-0.39, 0.29) is 17.9 Å². The quantitative estimate of drug-likeness (QED) is 0.679. The highest BCUT2D eigenvalue weighted by Gasteiger charge is 2.18. The number of nitrogens with zero attached hydrogens (tertiary/aromatic N) is 1. The summed E-state index contributed by atoms with van der Waals surface area (Å²) in [6.45, 7) is 0.0520. The van der Waals surface area contributed by atoms with E-state index < -0.39 is 6.10 Å². The molecule has 0 unspecified atom stereocenters. The van der Waals surface area contributed by atoms with Crippen molar-refractivity contribution in [2.75, 3.05) is 0 Å². The van der Waals surface area contributed by atoms with Crippen molar-refractivity contribution in [3.8, 4) is 0 Å². The second kappa shape index (κ2) is 7.42. The number of ether oxygens (including phenoxy) is 1. The number of carbonyl (C=O) groups is 1. The van der Waals surface area contributed by atoms with Crippen LogP contribution in [0.3, 0.4) is 0 Å². The van der Waals surface area contributed by atoms with Crippen molar-refractivity contribution in [3.63, 3.8) is 0 Å². The van der Waals surface area contributed by atoms with Crippen molar-refractivity contribution in [2.24, 2.45) is 0 Å². The molecule has 0 aliphatic rings. The largest absolute Gasteiger partial charge is 0.451 e. The van der Waals surface area contributed by atoms with Gasteiger partial charge in [-0.3, -0.25) is 9.59 Å². The van der Waals surface area contributed by atoms with Gasteiger partial charge in [-0.25, -0.2) is 0 Å². The number of hydrogen-bond donors (Lipinski definition) is 0. The number of aromatic nitrogens is 1. The van der Waals surface area contributed by atoms with Gasteiger partial charge in [0.15, 0.2) is 11.5 Å². The fourth-order valence-electron chi connectivity index (χ4n) is 2.45. The van der Waals surface area contributed by atoms with Crippen LogP contribution >= 0.6 is 0 Å². The molecular weight excluding hydrogens is 302 g/mol. The van der Waals surface area contributed by atoms with Gasteiger partial charge >= 0.3 is 5.97 Å². The van der Waals surface area contributed by atoms with Crippen LogP contribution in [0.25, 0.3) is 0 Å². The van der Waals surface area contributed by atoms with E-state index in [0.717, 1.165) is 11.1 Å². The average Bonchev–Trinajstić information content (AvgIpc) is 2.63. The Kier molecular flexibility index (Phi) is 4.87. The molecule has 24 heavy (non-hydrogen) atoms. The Morgan fingerprint density at radius 2 is 1.33 bits per heavy atom. The first-order chi connectivity index (χ1) is 11.7. The first-order valence-electron chi connectivity index (χ1n) is 7.68. The Morgan fingerprint density at radius 3 is 1.83 bits per heavy atom. The van der Waals surface area contributed by atoms with Crippen molar-refractivity contribution in [1.29, 1.82) is 0 Å². The van der Waals surface area contributed by atoms with Crippen molar-refractivity contribution in [3.05, 3.63) is 107 Å². The molecule has 0 spiro atoms. The highest BCUT2D eigenvalue weighted by atomic mass is 16.5. The molecule has 0 aliphatic heterocycles. The van der Waals surface area contributed by atoms with Crippen LogP contribution in [0.2, 0.25) is 0 Å². The van der Waals surface area contributed by atoms with Crippen LogP contribution < -0.4 is 5.43 Å². The molecule has 3 aromatic rings. The van der Waals surface area contributed by atoms with Crippen LogP contribution in [0.1, 0.15) is 17.2 Å². The topological polar surface area (TPSA) is 48.3 Å². The molecule has 0 saturated heterocycles. The second-order valence-corrected chi connectivity index (χ2v) is 5.40. The molecule has 0 radical (unpaired) electrons. The summed E-state index contributed by atoms with van der Waals surface area (Å²) in [5.41, 5.74) is 1.74. The minimum atomic E-state index is -0.459. The molecule has 0 amide bonds. The Balaban J connectivity index is 1.80. The average molecular weight is 319 g/mol. The van der Waals surface area contributed by atoms with Crippen molar-refractivity contribution >= 4 is 5.97 Å². The predicted molar refractivity (Wildman–Crippen MR) is 91.5 cm³/mol. The van der Waals surface area contributed by atoms with E-state index >= 15 is 0 Å². The molecule has 0 fully saturated rings. The third kappa shape index (κ3) is 3.98. The van der Waals surface area contributed by atoms with E-state index in [0.29, 0.717) is 0 Å². The normalized spacial score (nSPS) is 10.5. The maximum atomic E-state index is 12.3. The molecule has 1 aromatic heterocycles.